The average Bonchev–Trinajstić information content (AvgIpc) is 3.57. The summed E-state index contributed by atoms with van der Waals surface area (Å²) < 4.78 is 53.5. The van der Waals surface area contributed by atoms with Crippen molar-refractivity contribution < 1.29 is 17.2 Å². The minimum atomic E-state index is -3.38. The van der Waals surface area contributed by atoms with E-state index >= 15 is 0 Å². The second-order valence-electron chi connectivity index (χ2n) is 8.87. The third-order valence-electron chi connectivity index (χ3n) is 6.16. The molecule has 0 saturated carbocycles. The number of aliphatic imine (C=N–C) groups is 1. The van der Waals surface area contributed by atoms with E-state index in [0.717, 1.165) is 28.7 Å². The van der Waals surface area contributed by atoms with Crippen LogP contribution in [0.3, 0.4) is 0 Å². The number of sulfonamides is 1. The Bertz CT molecular complexity index is 1450. The van der Waals surface area contributed by atoms with Crippen molar-refractivity contribution in [3.8, 4) is 0 Å². The second kappa shape index (κ2) is 9.66. The number of thiazole rings is 1. The number of amidine groups is 1. The van der Waals surface area contributed by atoms with Crippen molar-refractivity contribution in [1.82, 2.24) is 24.4 Å². The molecule has 1 saturated heterocycles. The van der Waals surface area contributed by atoms with Gasteiger partial charge in [0.15, 0.2) is 10.8 Å². The number of halogens is 3. The maximum atomic E-state index is 13.4. The van der Waals surface area contributed by atoms with E-state index in [9.17, 15) is 17.2 Å². The minimum absolute atomic E-state index is 0.0627. The Balaban J connectivity index is 1.68. The van der Waals surface area contributed by atoms with Crippen molar-refractivity contribution in [3.05, 3.63) is 74.6 Å². The number of hydrogen-bond donors (Lipinski definition) is 1. The van der Waals surface area contributed by atoms with Crippen molar-refractivity contribution in [1.29, 1.82) is 0 Å². The van der Waals surface area contributed by atoms with Gasteiger partial charge in [-0.1, -0.05) is 23.7 Å². The molecule has 0 spiro atoms. The summed E-state index contributed by atoms with van der Waals surface area (Å²) in [5, 5.41) is 6.94. The maximum absolute atomic E-state index is 13.4. The molecule has 8 nitrogen and oxygen atoms in total. The fourth-order valence-electron chi connectivity index (χ4n) is 4.60. The smallest absolute Gasteiger partial charge is 0.327 e. The van der Waals surface area contributed by atoms with Crippen LogP contribution in [0.5, 0.6) is 0 Å². The summed E-state index contributed by atoms with van der Waals surface area (Å²) in [4.78, 5) is 11.5. The molecule has 2 atom stereocenters. The van der Waals surface area contributed by atoms with Crippen molar-refractivity contribution in [2.24, 2.45) is 10.9 Å². The fourth-order valence-corrected chi connectivity index (χ4v) is 6.12. The van der Waals surface area contributed by atoms with Crippen LogP contribution < -0.4 is 4.72 Å². The van der Waals surface area contributed by atoms with E-state index in [4.69, 9.17) is 16.6 Å². The number of fused-ring (bicyclic) bond motifs is 1. The lowest BCUT2D eigenvalue weighted by molar-refractivity contribution is 0.0566. The quantitative estimate of drug-likeness (QED) is 0.466. The summed E-state index contributed by atoms with van der Waals surface area (Å²) in [5.74, 6) is 0.584. The van der Waals surface area contributed by atoms with Gasteiger partial charge in [-0.3, -0.25) is 4.99 Å². The first-order valence-corrected chi connectivity index (χ1v) is 14.3. The highest BCUT2D eigenvalue weighted by atomic mass is 35.5. The van der Waals surface area contributed by atoms with E-state index in [0.29, 0.717) is 39.1 Å². The standard InChI is InChI=1S/C23H23ClF2N6O2S2/c1-13-3-4-16(17(24)7-13)20-19(15-10-28-32(12-15)23(25)26)18-8-14(9-29-36(2,33)34)11-31(18)21(30-20)22-27-5-6-35-22/h3-7,10,12,14,20,23,29H,8-9,11H2,1-2H3/t14?,20-/m0/s1. The Morgan fingerprint density at radius 2 is 2.14 bits per heavy atom. The number of benzene rings is 1. The van der Waals surface area contributed by atoms with Gasteiger partial charge in [-0.15, -0.1) is 11.3 Å². The molecule has 190 valence electrons. The summed E-state index contributed by atoms with van der Waals surface area (Å²) in [6, 6.07) is 5.10. The number of nitrogens with zero attached hydrogens (tertiary/aromatic N) is 5. The number of hydrogen-bond acceptors (Lipinski definition) is 7. The highest BCUT2D eigenvalue weighted by Gasteiger charge is 2.40. The molecule has 0 bridgehead atoms. The molecule has 2 aliphatic heterocycles. The van der Waals surface area contributed by atoms with Gasteiger partial charge < -0.3 is 4.90 Å². The zero-order valence-electron chi connectivity index (χ0n) is 19.4. The van der Waals surface area contributed by atoms with Crippen LogP contribution >= 0.6 is 22.9 Å². The Hall–Kier alpha value is -2.67. The molecule has 0 radical (unpaired) electrons. The normalized spacial score (nSPS) is 20.3. The van der Waals surface area contributed by atoms with Crippen LogP contribution in [0, 0.1) is 12.8 Å². The van der Waals surface area contributed by atoms with Gasteiger partial charge in [-0.05, 0) is 36.5 Å². The lowest BCUT2D eigenvalue weighted by Crippen LogP contribution is -2.35. The SMILES string of the molecule is Cc1ccc([C@@H]2N=C(c3nccs3)N3CC(CNS(C)(=O)=O)CC3=C2c2cnn(C(F)F)c2)c(Cl)c1. The van der Waals surface area contributed by atoms with Crippen LogP contribution in [0.2, 0.25) is 5.02 Å². The van der Waals surface area contributed by atoms with Gasteiger partial charge in [-0.2, -0.15) is 13.9 Å². The largest absolute Gasteiger partial charge is 0.333 e. The monoisotopic (exact) mass is 552 g/mol. The molecule has 0 amide bonds. The molecule has 1 fully saturated rings. The molecule has 3 aromatic rings. The summed E-state index contributed by atoms with van der Waals surface area (Å²) in [6.45, 7) is -0.110. The Morgan fingerprint density at radius 1 is 1.33 bits per heavy atom. The molecule has 13 heteroatoms. The molecule has 36 heavy (non-hydrogen) atoms. The first-order valence-electron chi connectivity index (χ1n) is 11.1. The van der Waals surface area contributed by atoms with Crippen LogP contribution in [0.1, 0.15) is 40.7 Å². The van der Waals surface area contributed by atoms with E-state index in [2.05, 4.69) is 14.8 Å². The summed E-state index contributed by atoms with van der Waals surface area (Å²) in [5.41, 5.74) is 3.81. The predicted molar refractivity (Wildman–Crippen MR) is 136 cm³/mol. The lowest BCUT2D eigenvalue weighted by Gasteiger charge is -2.32. The Morgan fingerprint density at radius 3 is 2.78 bits per heavy atom. The topological polar surface area (TPSA) is 92.5 Å². The number of aromatic nitrogens is 3. The Labute approximate surface area is 216 Å². The van der Waals surface area contributed by atoms with E-state index in [1.54, 1.807) is 6.20 Å². The number of rotatable bonds is 7. The van der Waals surface area contributed by atoms with E-state index < -0.39 is 22.6 Å². The summed E-state index contributed by atoms with van der Waals surface area (Å²) in [6.07, 6.45) is 6.05. The highest BCUT2D eigenvalue weighted by Crippen LogP contribution is 2.47. The van der Waals surface area contributed by atoms with Gasteiger partial charge in [-0.25, -0.2) is 22.8 Å². The predicted octanol–water partition coefficient (Wildman–Crippen LogP) is 4.48. The molecule has 1 unspecified atom stereocenters. The molecule has 1 N–H and O–H groups in total. The minimum Gasteiger partial charge on any atom is -0.327 e. The molecular formula is C23H23ClF2N6O2S2. The first kappa shape index (κ1) is 25.0. The number of nitrogens with one attached hydrogen (secondary N) is 1. The number of allylic oxidation sites excluding steroid dienone is 1. The summed E-state index contributed by atoms with van der Waals surface area (Å²) in [7, 11) is -3.38. The van der Waals surface area contributed by atoms with E-state index in [1.165, 1.54) is 23.7 Å². The molecule has 2 aromatic heterocycles. The van der Waals surface area contributed by atoms with Crippen molar-refractivity contribution in [2.45, 2.75) is 25.9 Å². The zero-order valence-corrected chi connectivity index (χ0v) is 21.8. The van der Waals surface area contributed by atoms with Crippen LogP contribution in [-0.2, 0) is 10.0 Å². The maximum Gasteiger partial charge on any atom is 0.333 e. The van der Waals surface area contributed by atoms with Crippen LogP contribution in [0.15, 0.2) is 52.9 Å². The van der Waals surface area contributed by atoms with Crippen LogP contribution in [0.4, 0.5) is 8.78 Å². The van der Waals surface area contributed by atoms with Gasteiger partial charge in [0.2, 0.25) is 10.0 Å². The molecule has 1 aromatic carbocycles. The molecule has 0 aliphatic carbocycles. The Kier molecular flexibility index (Phi) is 6.70. The summed E-state index contributed by atoms with van der Waals surface area (Å²) >= 11 is 8.12. The van der Waals surface area contributed by atoms with Gasteiger partial charge >= 0.3 is 6.55 Å². The highest BCUT2D eigenvalue weighted by molar-refractivity contribution is 7.88. The van der Waals surface area contributed by atoms with Crippen molar-refractivity contribution in [3.63, 3.8) is 0 Å². The van der Waals surface area contributed by atoms with Gasteiger partial charge in [0, 0.05) is 52.7 Å². The molecule has 5 rings (SSSR count). The van der Waals surface area contributed by atoms with E-state index in [-0.39, 0.29) is 12.5 Å². The third-order valence-corrected chi connectivity index (χ3v) is 7.95. The van der Waals surface area contributed by atoms with Crippen LogP contribution in [-0.4, -0.2) is 53.3 Å². The lowest BCUT2D eigenvalue weighted by atomic mass is 9.90. The van der Waals surface area contributed by atoms with Crippen LogP contribution in [0.25, 0.3) is 5.57 Å². The first-order chi connectivity index (χ1) is 17.1. The molecule has 4 heterocycles. The number of alkyl halides is 2. The number of aryl methyl sites for hydroxylation is 1. The molecule has 2 aliphatic rings. The third kappa shape index (κ3) is 4.95. The van der Waals surface area contributed by atoms with E-state index in [1.807, 2.05) is 35.4 Å². The van der Waals surface area contributed by atoms with Gasteiger partial charge in [0.25, 0.3) is 0 Å². The van der Waals surface area contributed by atoms with Crippen molar-refractivity contribution in [2.75, 3.05) is 19.3 Å². The van der Waals surface area contributed by atoms with Gasteiger partial charge in [0.1, 0.15) is 6.04 Å². The molecular weight excluding hydrogens is 530 g/mol. The average molecular weight is 553 g/mol. The zero-order chi connectivity index (χ0) is 25.6. The van der Waals surface area contributed by atoms with Crippen molar-refractivity contribution >= 4 is 44.4 Å². The van der Waals surface area contributed by atoms with Gasteiger partial charge in [0.05, 0.1) is 12.5 Å². The fraction of sp³-hybridized carbons (Fsp3) is 0.348. The second-order valence-corrected chi connectivity index (χ2v) is 12.0.